The van der Waals surface area contributed by atoms with Gasteiger partial charge in [0.2, 0.25) is 0 Å². The third-order valence-electron chi connectivity index (χ3n) is 3.82. The molecule has 3 rings (SSSR count). The molecule has 2 aromatic heterocycles. The molecule has 128 valence electrons. The predicted molar refractivity (Wildman–Crippen MR) is 93.4 cm³/mol. The Kier molecular flexibility index (Phi) is 5.41. The van der Waals surface area contributed by atoms with E-state index in [1.54, 1.807) is 12.4 Å². The van der Waals surface area contributed by atoms with E-state index in [0.29, 0.717) is 13.0 Å². The van der Waals surface area contributed by atoms with E-state index in [2.05, 4.69) is 15.2 Å². The van der Waals surface area contributed by atoms with Crippen molar-refractivity contribution in [1.82, 2.24) is 15.2 Å². The van der Waals surface area contributed by atoms with E-state index in [4.69, 9.17) is 9.84 Å². The van der Waals surface area contributed by atoms with Gasteiger partial charge in [-0.3, -0.25) is 14.9 Å². The number of hydrogen-bond donors (Lipinski definition) is 2. The highest BCUT2D eigenvalue weighted by molar-refractivity contribution is 5.67. The van der Waals surface area contributed by atoms with Crippen LogP contribution in [0.2, 0.25) is 0 Å². The van der Waals surface area contributed by atoms with E-state index in [-0.39, 0.29) is 6.42 Å². The van der Waals surface area contributed by atoms with Crippen LogP contribution in [0, 0.1) is 0 Å². The number of nitrogens with zero attached hydrogens (tertiary/aromatic N) is 2. The molecule has 6 nitrogen and oxygen atoms in total. The van der Waals surface area contributed by atoms with Gasteiger partial charge in [0.25, 0.3) is 0 Å². The zero-order valence-corrected chi connectivity index (χ0v) is 13.7. The number of aryl methyl sites for hydroxylation is 1. The summed E-state index contributed by atoms with van der Waals surface area (Å²) in [7, 11) is 0. The van der Waals surface area contributed by atoms with Gasteiger partial charge in [-0.1, -0.05) is 24.3 Å². The summed E-state index contributed by atoms with van der Waals surface area (Å²) in [6, 6.07) is 13.6. The van der Waals surface area contributed by atoms with Crippen LogP contribution in [0.5, 0.6) is 5.75 Å². The van der Waals surface area contributed by atoms with E-state index < -0.39 is 5.97 Å². The molecule has 0 aliphatic carbocycles. The number of carboxylic acids is 1. The van der Waals surface area contributed by atoms with Crippen molar-refractivity contribution in [2.75, 3.05) is 6.61 Å². The predicted octanol–water partition coefficient (Wildman–Crippen LogP) is 3.11. The van der Waals surface area contributed by atoms with Crippen LogP contribution in [-0.4, -0.2) is 32.9 Å². The monoisotopic (exact) mass is 337 g/mol. The molecule has 0 amide bonds. The Labute approximate surface area is 145 Å². The minimum Gasteiger partial charge on any atom is -0.492 e. The Balaban J connectivity index is 1.47. The minimum absolute atomic E-state index is 0.157. The maximum Gasteiger partial charge on any atom is 0.303 e. The number of aromatic nitrogens is 3. The summed E-state index contributed by atoms with van der Waals surface area (Å²) in [6.45, 7) is 0.555. The second-order valence-corrected chi connectivity index (χ2v) is 5.66. The normalized spacial score (nSPS) is 10.6. The SMILES string of the molecule is O=C(O)CCc1ccc(CCOc2ccc(-c3ccn[nH]3)nc2)cc1. The summed E-state index contributed by atoms with van der Waals surface area (Å²) < 4.78 is 5.73. The van der Waals surface area contributed by atoms with Crippen molar-refractivity contribution in [3.63, 3.8) is 0 Å². The molecule has 0 spiro atoms. The van der Waals surface area contributed by atoms with E-state index in [1.165, 1.54) is 0 Å². The first-order chi connectivity index (χ1) is 12.2. The molecule has 2 heterocycles. The molecule has 0 fully saturated rings. The highest BCUT2D eigenvalue weighted by Gasteiger charge is 2.02. The molecular weight excluding hydrogens is 318 g/mol. The average Bonchev–Trinajstić information content (AvgIpc) is 3.16. The third kappa shape index (κ3) is 4.91. The number of aromatic amines is 1. The number of hydrogen-bond acceptors (Lipinski definition) is 4. The number of pyridine rings is 1. The largest absolute Gasteiger partial charge is 0.492 e. The molecule has 2 N–H and O–H groups in total. The Bertz CT molecular complexity index is 797. The number of carboxylic acid groups (broad SMARTS) is 1. The maximum absolute atomic E-state index is 10.6. The Morgan fingerprint density at radius 3 is 2.40 bits per heavy atom. The van der Waals surface area contributed by atoms with E-state index >= 15 is 0 Å². The van der Waals surface area contributed by atoms with Gasteiger partial charge in [-0.2, -0.15) is 5.10 Å². The molecular formula is C19H19N3O3. The number of ether oxygens (including phenoxy) is 1. The molecule has 1 aromatic carbocycles. The van der Waals surface area contributed by atoms with E-state index in [9.17, 15) is 4.79 Å². The van der Waals surface area contributed by atoms with Gasteiger partial charge in [0.05, 0.1) is 24.2 Å². The fraction of sp³-hybridized carbons (Fsp3) is 0.211. The van der Waals surface area contributed by atoms with Crippen LogP contribution in [0.15, 0.2) is 54.9 Å². The van der Waals surface area contributed by atoms with Gasteiger partial charge in [0.15, 0.2) is 0 Å². The van der Waals surface area contributed by atoms with Crippen LogP contribution in [-0.2, 0) is 17.6 Å². The first kappa shape index (κ1) is 16.7. The van der Waals surface area contributed by atoms with Gasteiger partial charge < -0.3 is 9.84 Å². The van der Waals surface area contributed by atoms with Crippen LogP contribution in [0.3, 0.4) is 0 Å². The maximum atomic E-state index is 10.6. The molecule has 3 aromatic rings. The lowest BCUT2D eigenvalue weighted by atomic mass is 10.1. The number of rotatable bonds is 8. The fourth-order valence-electron chi connectivity index (χ4n) is 2.43. The number of benzene rings is 1. The molecule has 25 heavy (non-hydrogen) atoms. The fourth-order valence-corrected chi connectivity index (χ4v) is 2.43. The number of carbonyl (C=O) groups is 1. The molecule has 0 saturated heterocycles. The van der Waals surface area contributed by atoms with Gasteiger partial charge in [0.1, 0.15) is 5.75 Å². The van der Waals surface area contributed by atoms with Gasteiger partial charge in [-0.05, 0) is 35.7 Å². The topological polar surface area (TPSA) is 88.1 Å². The lowest BCUT2D eigenvalue weighted by Gasteiger charge is -2.07. The van der Waals surface area contributed by atoms with Crippen LogP contribution < -0.4 is 4.74 Å². The lowest BCUT2D eigenvalue weighted by molar-refractivity contribution is -0.136. The van der Waals surface area contributed by atoms with Gasteiger partial charge in [0, 0.05) is 19.0 Å². The summed E-state index contributed by atoms with van der Waals surface area (Å²) in [4.78, 5) is 14.9. The number of nitrogens with one attached hydrogen (secondary N) is 1. The molecule has 0 radical (unpaired) electrons. The molecule has 0 atom stereocenters. The molecule has 0 aliphatic rings. The van der Waals surface area contributed by atoms with Gasteiger partial charge in [-0.25, -0.2) is 0 Å². The van der Waals surface area contributed by atoms with Crippen molar-refractivity contribution in [3.8, 4) is 17.1 Å². The van der Waals surface area contributed by atoms with Crippen LogP contribution in [0.25, 0.3) is 11.4 Å². The van der Waals surface area contributed by atoms with Crippen molar-refractivity contribution < 1.29 is 14.6 Å². The van der Waals surface area contributed by atoms with Gasteiger partial charge in [-0.15, -0.1) is 0 Å². The van der Waals surface area contributed by atoms with Crippen molar-refractivity contribution >= 4 is 5.97 Å². The number of H-pyrrole nitrogens is 1. The van der Waals surface area contributed by atoms with E-state index in [0.717, 1.165) is 34.7 Å². The van der Waals surface area contributed by atoms with Crippen molar-refractivity contribution in [1.29, 1.82) is 0 Å². The van der Waals surface area contributed by atoms with Crippen LogP contribution in [0.1, 0.15) is 17.5 Å². The van der Waals surface area contributed by atoms with Crippen LogP contribution >= 0.6 is 0 Å². The molecule has 0 saturated carbocycles. The minimum atomic E-state index is -0.773. The molecule has 0 unspecified atom stereocenters. The summed E-state index contributed by atoms with van der Waals surface area (Å²) in [5.74, 6) is -0.0500. The first-order valence-electron chi connectivity index (χ1n) is 8.09. The van der Waals surface area contributed by atoms with Crippen molar-refractivity contribution in [2.45, 2.75) is 19.3 Å². The van der Waals surface area contributed by atoms with Crippen molar-refractivity contribution in [3.05, 3.63) is 66.0 Å². The standard InChI is InChI=1S/C19H19N3O3/c23-19(24)8-5-14-1-3-15(4-2-14)10-12-25-16-6-7-17(20-13-16)18-9-11-21-22-18/h1-4,6-7,9,11,13H,5,8,10,12H2,(H,21,22)(H,23,24). The Hall–Kier alpha value is -3.15. The smallest absolute Gasteiger partial charge is 0.303 e. The zero-order valence-electron chi connectivity index (χ0n) is 13.7. The highest BCUT2D eigenvalue weighted by Crippen LogP contribution is 2.17. The summed E-state index contributed by atoms with van der Waals surface area (Å²) >= 11 is 0. The van der Waals surface area contributed by atoms with Crippen molar-refractivity contribution in [2.24, 2.45) is 0 Å². The summed E-state index contributed by atoms with van der Waals surface area (Å²) in [5.41, 5.74) is 3.88. The number of aliphatic carboxylic acids is 1. The first-order valence-corrected chi connectivity index (χ1v) is 8.09. The van der Waals surface area contributed by atoms with Gasteiger partial charge >= 0.3 is 5.97 Å². The van der Waals surface area contributed by atoms with Crippen LogP contribution in [0.4, 0.5) is 0 Å². The third-order valence-corrected chi connectivity index (χ3v) is 3.82. The average molecular weight is 337 g/mol. The second-order valence-electron chi connectivity index (χ2n) is 5.66. The summed E-state index contributed by atoms with van der Waals surface area (Å²) in [5, 5.41) is 15.5. The Morgan fingerprint density at radius 1 is 1.04 bits per heavy atom. The molecule has 0 aliphatic heterocycles. The van der Waals surface area contributed by atoms with E-state index in [1.807, 2.05) is 42.5 Å². The highest BCUT2D eigenvalue weighted by atomic mass is 16.5. The molecule has 6 heteroatoms. The Morgan fingerprint density at radius 2 is 1.80 bits per heavy atom. The lowest BCUT2D eigenvalue weighted by Crippen LogP contribution is -2.02. The summed E-state index contributed by atoms with van der Waals surface area (Å²) in [6.07, 6.45) is 4.88. The zero-order chi connectivity index (χ0) is 17.5. The quantitative estimate of drug-likeness (QED) is 0.659. The molecule has 0 bridgehead atoms. The second kappa shape index (κ2) is 8.10.